The van der Waals surface area contributed by atoms with Crippen LogP contribution >= 0.6 is 0 Å². The van der Waals surface area contributed by atoms with Crippen LogP contribution in [0.4, 0.5) is 0 Å². The fraction of sp³-hybridized carbons (Fsp3) is 0.857. The first-order valence-electron chi connectivity index (χ1n) is 7.57. The molecule has 3 atom stereocenters. The molecule has 4 heterocycles. The van der Waals surface area contributed by atoms with Gasteiger partial charge in [-0.05, 0) is 44.4 Å². The lowest BCUT2D eigenvalue weighted by molar-refractivity contribution is 0.103. The maximum Gasteiger partial charge on any atom is 0.227 e. The fourth-order valence-electron chi connectivity index (χ4n) is 3.85. The Morgan fingerprint density at radius 3 is 2.74 bits per heavy atom. The largest absolute Gasteiger partial charge is 0.370 e. The lowest BCUT2D eigenvalue weighted by atomic mass is 9.90. The first-order valence-corrected chi connectivity index (χ1v) is 7.57. The van der Waals surface area contributed by atoms with Crippen LogP contribution in [0.25, 0.3) is 0 Å². The zero-order valence-corrected chi connectivity index (χ0v) is 11.2. The van der Waals surface area contributed by atoms with Gasteiger partial charge in [-0.25, -0.2) is 0 Å². The van der Waals surface area contributed by atoms with Crippen molar-refractivity contribution in [3.63, 3.8) is 0 Å². The summed E-state index contributed by atoms with van der Waals surface area (Å²) in [7, 11) is 0. The lowest BCUT2D eigenvalue weighted by Gasteiger charge is -2.28. The van der Waals surface area contributed by atoms with E-state index in [0.29, 0.717) is 5.92 Å². The summed E-state index contributed by atoms with van der Waals surface area (Å²) in [5.74, 6) is 2.26. The molecule has 2 bridgehead atoms. The summed E-state index contributed by atoms with van der Waals surface area (Å²) in [6.45, 7) is 0.826. The zero-order chi connectivity index (χ0) is 12.7. The van der Waals surface area contributed by atoms with Gasteiger partial charge in [0.25, 0.3) is 0 Å². The van der Waals surface area contributed by atoms with Crippen molar-refractivity contribution in [3.05, 3.63) is 11.7 Å². The molecule has 5 nitrogen and oxygen atoms in total. The van der Waals surface area contributed by atoms with Crippen LogP contribution in [-0.4, -0.2) is 28.8 Å². The van der Waals surface area contributed by atoms with Crippen LogP contribution in [0.2, 0.25) is 0 Å². The standard InChI is InChI=1S/C14H21N3O2/c1-2-12(18-5-1)14-16-13(19-17-14)8-9-6-10-3-4-11(7-9)15-10/h9-12,15H,1-8H2. The van der Waals surface area contributed by atoms with Crippen molar-refractivity contribution in [2.24, 2.45) is 5.92 Å². The average molecular weight is 263 g/mol. The second-order valence-electron chi connectivity index (χ2n) is 6.23. The van der Waals surface area contributed by atoms with Crippen LogP contribution in [0.5, 0.6) is 0 Å². The van der Waals surface area contributed by atoms with Gasteiger partial charge in [-0.2, -0.15) is 4.98 Å². The third-order valence-electron chi connectivity index (χ3n) is 4.74. The number of aromatic nitrogens is 2. The molecule has 0 saturated carbocycles. The van der Waals surface area contributed by atoms with E-state index in [1.807, 2.05) is 0 Å². The summed E-state index contributed by atoms with van der Waals surface area (Å²) in [5, 5.41) is 7.76. The van der Waals surface area contributed by atoms with Crippen LogP contribution in [0.15, 0.2) is 4.52 Å². The molecule has 3 fully saturated rings. The zero-order valence-electron chi connectivity index (χ0n) is 11.2. The SMILES string of the molecule is C1COC(c2noc(CC3CC4CCC(C3)N4)n2)C1. The third kappa shape index (κ3) is 2.41. The molecule has 1 N–H and O–H groups in total. The minimum atomic E-state index is 0.0710. The molecular weight excluding hydrogens is 242 g/mol. The van der Waals surface area contributed by atoms with E-state index in [4.69, 9.17) is 9.26 Å². The highest BCUT2D eigenvalue weighted by atomic mass is 16.5. The van der Waals surface area contributed by atoms with E-state index in [9.17, 15) is 0 Å². The molecule has 3 aliphatic rings. The quantitative estimate of drug-likeness (QED) is 0.903. The molecule has 0 aromatic carbocycles. The maximum atomic E-state index is 5.59. The molecule has 0 radical (unpaired) electrons. The fourth-order valence-corrected chi connectivity index (χ4v) is 3.85. The van der Waals surface area contributed by atoms with E-state index in [1.165, 1.54) is 25.7 Å². The number of ether oxygens (including phenoxy) is 1. The van der Waals surface area contributed by atoms with Gasteiger partial charge in [0.15, 0.2) is 0 Å². The molecule has 5 heteroatoms. The number of fused-ring (bicyclic) bond motifs is 2. The molecule has 0 spiro atoms. The van der Waals surface area contributed by atoms with E-state index in [-0.39, 0.29) is 6.10 Å². The van der Waals surface area contributed by atoms with Crippen molar-refractivity contribution in [3.8, 4) is 0 Å². The van der Waals surface area contributed by atoms with Gasteiger partial charge in [0.1, 0.15) is 6.10 Å². The second kappa shape index (κ2) is 4.87. The van der Waals surface area contributed by atoms with Gasteiger partial charge in [-0.1, -0.05) is 5.16 Å². The van der Waals surface area contributed by atoms with Crippen LogP contribution in [0.3, 0.4) is 0 Å². The third-order valence-corrected chi connectivity index (χ3v) is 4.74. The molecule has 19 heavy (non-hydrogen) atoms. The van der Waals surface area contributed by atoms with Crippen molar-refractivity contribution in [2.75, 3.05) is 6.61 Å². The number of nitrogens with one attached hydrogen (secondary N) is 1. The Balaban J connectivity index is 1.40. The summed E-state index contributed by atoms with van der Waals surface area (Å²) in [4.78, 5) is 4.53. The molecule has 3 unspecified atom stereocenters. The van der Waals surface area contributed by atoms with Gasteiger partial charge in [0.2, 0.25) is 11.7 Å². The number of piperidine rings is 1. The molecule has 0 amide bonds. The average Bonchev–Trinajstić information content (AvgIpc) is 3.10. The monoisotopic (exact) mass is 263 g/mol. The van der Waals surface area contributed by atoms with Crippen LogP contribution in [0, 0.1) is 5.92 Å². The number of nitrogens with zero attached hydrogens (tertiary/aromatic N) is 2. The van der Waals surface area contributed by atoms with Gasteiger partial charge >= 0.3 is 0 Å². The van der Waals surface area contributed by atoms with E-state index >= 15 is 0 Å². The Labute approximate surface area is 113 Å². The smallest absolute Gasteiger partial charge is 0.227 e. The number of hydrogen-bond donors (Lipinski definition) is 1. The van der Waals surface area contributed by atoms with Crippen molar-refractivity contribution in [1.82, 2.24) is 15.5 Å². The van der Waals surface area contributed by atoms with Gasteiger partial charge in [-0.3, -0.25) is 0 Å². The molecule has 1 aromatic heterocycles. The van der Waals surface area contributed by atoms with Crippen molar-refractivity contribution < 1.29 is 9.26 Å². The Kier molecular flexibility index (Phi) is 3.04. The predicted octanol–water partition coefficient (Wildman–Crippen LogP) is 1.99. The summed E-state index contributed by atoms with van der Waals surface area (Å²) < 4.78 is 11.0. The second-order valence-corrected chi connectivity index (χ2v) is 6.23. The molecular formula is C14H21N3O2. The summed E-state index contributed by atoms with van der Waals surface area (Å²) in [6, 6.07) is 1.45. The highest BCUT2D eigenvalue weighted by molar-refractivity contribution is 4.97. The Morgan fingerprint density at radius 2 is 2.00 bits per heavy atom. The normalized spacial score (nSPS) is 37.9. The Bertz CT molecular complexity index is 430. The molecule has 4 rings (SSSR count). The Morgan fingerprint density at radius 1 is 1.16 bits per heavy atom. The van der Waals surface area contributed by atoms with E-state index in [2.05, 4.69) is 15.5 Å². The van der Waals surface area contributed by atoms with Crippen LogP contribution in [-0.2, 0) is 11.2 Å². The maximum absolute atomic E-state index is 5.59. The topological polar surface area (TPSA) is 60.2 Å². The van der Waals surface area contributed by atoms with Gasteiger partial charge in [-0.15, -0.1) is 0 Å². The molecule has 3 aliphatic heterocycles. The number of rotatable bonds is 3. The van der Waals surface area contributed by atoms with Crippen LogP contribution < -0.4 is 5.32 Å². The van der Waals surface area contributed by atoms with Crippen LogP contribution in [0.1, 0.15) is 56.3 Å². The van der Waals surface area contributed by atoms with E-state index in [0.717, 1.165) is 49.7 Å². The molecule has 0 aliphatic carbocycles. The summed E-state index contributed by atoms with van der Waals surface area (Å²) in [5.41, 5.74) is 0. The predicted molar refractivity (Wildman–Crippen MR) is 68.6 cm³/mol. The van der Waals surface area contributed by atoms with Gasteiger partial charge < -0.3 is 14.6 Å². The molecule has 104 valence electrons. The molecule has 1 aromatic rings. The summed E-state index contributed by atoms with van der Waals surface area (Å²) in [6.07, 6.45) is 8.33. The van der Waals surface area contributed by atoms with Gasteiger partial charge in [0, 0.05) is 25.1 Å². The highest BCUT2D eigenvalue weighted by Gasteiger charge is 2.34. The minimum absolute atomic E-state index is 0.0710. The van der Waals surface area contributed by atoms with Crippen molar-refractivity contribution in [2.45, 2.75) is 63.1 Å². The minimum Gasteiger partial charge on any atom is -0.370 e. The molecule has 3 saturated heterocycles. The first kappa shape index (κ1) is 11.9. The van der Waals surface area contributed by atoms with Crippen molar-refractivity contribution in [1.29, 1.82) is 0 Å². The van der Waals surface area contributed by atoms with E-state index in [1.54, 1.807) is 0 Å². The lowest BCUT2D eigenvalue weighted by Crippen LogP contribution is -2.38. The summed E-state index contributed by atoms with van der Waals surface area (Å²) >= 11 is 0. The Hall–Kier alpha value is -0.940. The van der Waals surface area contributed by atoms with Gasteiger partial charge in [0.05, 0.1) is 0 Å². The van der Waals surface area contributed by atoms with Crippen molar-refractivity contribution >= 4 is 0 Å². The first-order chi connectivity index (χ1) is 9.37. The number of hydrogen-bond acceptors (Lipinski definition) is 5. The highest BCUT2D eigenvalue weighted by Crippen LogP contribution is 2.33. The van der Waals surface area contributed by atoms with E-state index < -0.39 is 0 Å².